The molecule has 1 atom stereocenters. The van der Waals surface area contributed by atoms with Gasteiger partial charge in [0.2, 0.25) is 5.91 Å². The molecule has 21 heavy (non-hydrogen) atoms. The summed E-state index contributed by atoms with van der Waals surface area (Å²) in [5.41, 5.74) is 0.961. The van der Waals surface area contributed by atoms with Gasteiger partial charge in [-0.1, -0.05) is 42.5 Å². The van der Waals surface area contributed by atoms with Gasteiger partial charge >= 0.3 is 0 Å². The second-order valence-corrected chi connectivity index (χ2v) is 5.54. The fourth-order valence-corrected chi connectivity index (χ4v) is 3.05. The molecule has 1 saturated heterocycles. The largest absolute Gasteiger partial charge is 0.343 e. The zero-order valence-corrected chi connectivity index (χ0v) is 12.0. The fourth-order valence-electron chi connectivity index (χ4n) is 3.05. The summed E-state index contributed by atoms with van der Waals surface area (Å²) in [6.45, 7) is 1.68. The molecule has 106 valence electrons. The zero-order valence-electron chi connectivity index (χ0n) is 12.0. The summed E-state index contributed by atoms with van der Waals surface area (Å²) in [4.78, 5) is 14.2. The lowest BCUT2D eigenvalue weighted by Crippen LogP contribution is -2.28. The van der Waals surface area contributed by atoms with Crippen LogP contribution >= 0.6 is 0 Å². The van der Waals surface area contributed by atoms with E-state index in [1.54, 1.807) is 0 Å². The van der Waals surface area contributed by atoms with Crippen molar-refractivity contribution in [3.8, 4) is 6.07 Å². The molecule has 3 heteroatoms. The summed E-state index contributed by atoms with van der Waals surface area (Å²) < 4.78 is 0. The second-order valence-electron chi connectivity index (χ2n) is 5.54. The Bertz CT molecular complexity index is 690. The van der Waals surface area contributed by atoms with Crippen LogP contribution < -0.4 is 0 Å². The first-order valence-corrected chi connectivity index (χ1v) is 7.44. The average molecular weight is 278 g/mol. The van der Waals surface area contributed by atoms with Crippen molar-refractivity contribution in [2.24, 2.45) is 0 Å². The smallest absolute Gasteiger partial charge is 0.224 e. The highest BCUT2D eigenvalue weighted by molar-refractivity contribution is 5.87. The summed E-state index contributed by atoms with van der Waals surface area (Å²) in [7, 11) is 0. The fraction of sp³-hybridized carbons (Fsp3) is 0.333. The Hall–Kier alpha value is -2.34. The van der Waals surface area contributed by atoms with E-state index in [1.807, 2.05) is 47.4 Å². The van der Waals surface area contributed by atoms with Gasteiger partial charge in [0.1, 0.15) is 0 Å². The summed E-state index contributed by atoms with van der Waals surface area (Å²) in [6, 6.07) is 16.3. The van der Waals surface area contributed by atoms with Gasteiger partial charge in [0, 0.05) is 19.5 Å². The molecule has 1 aliphatic rings. The molecule has 0 N–H and O–H groups in total. The van der Waals surface area contributed by atoms with E-state index in [0.29, 0.717) is 0 Å². The molecule has 1 heterocycles. The number of carbonyl (C=O) groups excluding carboxylic acids is 1. The molecule has 0 spiro atoms. The van der Waals surface area contributed by atoms with Gasteiger partial charge in [-0.2, -0.15) is 5.26 Å². The average Bonchev–Trinajstić information content (AvgIpc) is 3.06. The molecule has 1 amide bonds. The minimum absolute atomic E-state index is 0.104. The molecule has 2 aromatic rings. The highest BCUT2D eigenvalue weighted by Crippen LogP contribution is 2.28. The van der Waals surface area contributed by atoms with Crippen molar-refractivity contribution in [2.75, 3.05) is 13.1 Å². The van der Waals surface area contributed by atoms with E-state index in [-0.39, 0.29) is 18.2 Å². The van der Waals surface area contributed by atoms with Crippen LogP contribution in [0.25, 0.3) is 10.8 Å². The Morgan fingerprint density at radius 3 is 2.62 bits per heavy atom. The molecule has 1 aliphatic heterocycles. The number of rotatable bonds is 3. The van der Waals surface area contributed by atoms with Crippen LogP contribution in [0.5, 0.6) is 0 Å². The standard InChI is InChI=1S/C18H18N2O/c19-13-15(12-18(21)20-10-3-4-11-20)17-9-5-7-14-6-1-2-8-16(14)17/h1-2,5-9,15H,3-4,10-12H2. The molecule has 0 saturated carbocycles. The number of hydrogen-bond acceptors (Lipinski definition) is 2. The number of amides is 1. The number of nitriles is 1. The van der Waals surface area contributed by atoms with Gasteiger partial charge in [-0.05, 0) is 29.2 Å². The monoisotopic (exact) mass is 278 g/mol. The van der Waals surface area contributed by atoms with E-state index in [4.69, 9.17) is 0 Å². The highest BCUT2D eigenvalue weighted by Gasteiger charge is 2.23. The quantitative estimate of drug-likeness (QED) is 0.863. The molecular formula is C18H18N2O. The van der Waals surface area contributed by atoms with Crippen LogP contribution in [0.1, 0.15) is 30.7 Å². The van der Waals surface area contributed by atoms with E-state index >= 15 is 0 Å². The minimum atomic E-state index is -0.371. The van der Waals surface area contributed by atoms with Gasteiger partial charge in [-0.3, -0.25) is 4.79 Å². The van der Waals surface area contributed by atoms with Crippen molar-refractivity contribution in [1.82, 2.24) is 4.90 Å². The topological polar surface area (TPSA) is 44.1 Å². The van der Waals surface area contributed by atoms with E-state index in [1.165, 1.54) is 0 Å². The first kappa shape index (κ1) is 13.6. The van der Waals surface area contributed by atoms with E-state index in [9.17, 15) is 10.1 Å². The van der Waals surface area contributed by atoms with E-state index in [2.05, 4.69) is 6.07 Å². The number of hydrogen-bond donors (Lipinski definition) is 0. The molecule has 0 aliphatic carbocycles. The SMILES string of the molecule is N#CC(CC(=O)N1CCCC1)c1cccc2ccccc12. The van der Waals surface area contributed by atoms with Crippen molar-refractivity contribution >= 4 is 16.7 Å². The molecule has 2 aromatic carbocycles. The minimum Gasteiger partial charge on any atom is -0.343 e. The first-order valence-electron chi connectivity index (χ1n) is 7.44. The maximum absolute atomic E-state index is 12.3. The molecule has 0 radical (unpaired) electrons. The Morgan fingerprint density at radius 2 is 1.86 bits per heavy atom. The van der Waals surface area contributed by atoms with Crippen LogP contribution in [-0.2, 0) is 4.79 Å². The van der Waals surface area contributed by atoms with Crippen LogP contribution in [0.15, 0.2) is 42.5 Å². The lowest BCUT2D eigenvalue weighted by molar-refractivity contribution is -0.130. The van der Waals surface area contributed by atoms with Gasteiger partial charge < -0.3 is 4.90 Å². The molecule has 0 bridgehead atoms. The number of carbonyl (C=O) groups is 1. The van der Waals surface area contributed by atoms with Gasteiger partial charge in [0.25, 0.3) is 0 Å². The third kappa shape index (κ3) is 2.75. The van der Waals surface area contributed by atoms with Gasteiger partial charge in [0.15, 0.2) is 0 Å². The molecule has 0 aromatic heterocycles. The normalized spacial score (nSPS) is 15.9. The third-order valence-corrected chi connectivity index (χ3v) is 4.19. The summed E-state index contributed by atoms with van der Waals surface area (Å²) in [5, 5.41) is 11.7. The molecular weight excluding hydrogens is 260 g/mol. The zero-order chi connectivity index (χ0) is 14.7. The maximum atomic E-state index is 12.3. The summed E-state index contributed by atoms with van der Waals surface area (Å²) >= 11 is 0. The maximum Gasteiger partial charge on any atom is 0.224 e. The Kier molecular flexibility index (Phi) is 3.87. The lowest BCUT2D eigenvalue weighted by atomic mass is 9.91. The van der Waals surface area contributed by atoms with Crippen LogP contribution in [-0.4, -0.2) is 23.9 Å². The summed E-state index contributed by atoms with van der Waals surface area (Å²) in [6.07, 6.45) is 2.44. The molecule has 1 fully saturated rings. The molecule has 3 rings (SSSR count). The van der Waals surface area contributed by atoms with Crippen molar-refractivity contribution in [2.45, 2.75) is 25.2 Å². The van der Waals surface area contributed by atoms with Crippen LogP contribution in [0, 0.1) is 11.3 Å². The van der Waals surface area contributed by atoms with Crippen LogP contribution in [0.3, 0.4) is 0 Å². The van der Waals surface area contributed by atoms with Gasteiger partial charge in [-0.25, -0.2) is 0 Å². The first-order chi connectivity index (χ1) is 10.3. The lowest BCUT2D eigenvalue weighted by Gasteiger charge is -2.18. The van der Waals surface area contributed by atoms with Crippen molar-refractivity contribution in [1.29, 1.82) is 5.26 Å². The Morgan fingerprint density at radius 1 is 1.14 bits per heavy atom. The number of nitrogens with zero attached hydrogens (tertiary/aromatic N) is 2. The third-order valence-electron chi connectivity index (χ3n) is 4.19. The number of benzene rings is 2. The second kappa shape index (κ2) is 5.97. The summed E-state index contributed by atoms with van der Waals surface area (Å²) in [5.74, 6) is -0.267. The van der Waals surface area contributed by atoms with Crippen molar-refractivity contribution in [3.63, 3.8) is 0 Å². The predicted octanol–water partition coefficient (Wildman–Crippen LogP) is 3.46. The molecule has 1 unspecified atom stereocenters. The van der Waals surface area contributed by atoms with Crippen molar-refractivity contribution < 1.29 is 4.79 Å². The van der Waals surface area contributed by atoms with E-state index < -0.39 is 0 Å². The van der Waals surface area contributed by atoms with Gasteiger partial charge in [-0.15, -0.1) is 0 Å². The predicted molar refractivity (Wildman–Crippen MR) is 82.7 cm³/mol. The van der Waals surface area contributed by atoms with Crippen molar-refractivity contribution in [3.05, 3.63) is 48.0 Å². The number of fused-ring (bicyclic) bond motifs is 1. The number of likely N-dealkylation sites (tertiary alicyclic amines) is 1. The molecule has 3 nitrogen and oxygen atoms in total. The van der Waals surface area contributed by atoms with Crippen LogP contribution in [0.4, 0.5) is 0 Å². The Balaban J connectivity index is 1.88. The van der Waals surface area contributed by atoms with E-state index in [0.717, 1.165) is 42.3 Å². The highest BCUT2D eigenvalue weighted by atomic mass is 16.2. The van der Waals surface area contributed by atoms with Crippen LogP contribution in [0.2, 0.25) is 0 Å². The van der Waals surface area contributed by atoms with Gasteiger partial charge in [0.05, 0.1) is 12.0 Å². The Labute approximate surface area is 124 Å².